The fraction of sp³-hybridized carbons (Fsp3) is 0.241. The highest BCUT2D eigenvalue weighted by atomic mass is 16.3. The molecule has 0 radical (unpaired) electrons. The van der Waals surface area contributed by atoms with Gasteiger partial charge in [-0.05, 0) is 66.5 Å². The number of nitrogens with zero attached hydrogens (tertiary/aromatic N) is 2. The second-order valence-corrected chi connectivity index (χ2v) is 9.16. The first-order valence-corrected chi connectivity index (χ1v) is 11.4. The second-order valence-electron chi connectivity index (χ2n) is 9.16. The number of hydrogen-bond donors (Lipinski definition) is 0. The van der Waals surface area contributed by atoms with Gasteiger partial charge in [-0.25, -0.2) is 4.57 Å². The van der Waals surface area contributed by atoms with E-state index >= 15 is 0 Å². The van der Waals surface area contributed by atoms with Crippen molar-refractivity contribution in [3.8, 4) is 17.3 Å². The van der Waals surface area contributed by atoms with Gasteiger partial charge in [-0.1, -0.05) is 37.1 Å². The lowest BCUT2D eigenvalue weighted by Crippen LogP contribution is -2.30. The number of nitriles is 1. The SMILES string of the molecule is Cc1ccc2c(oc3cc(C#N)ccc32)c1-c1c2ccc(C3CCCC3)cc2cc[n+]1C. The van der Waals surface area contributed by atoms with Crippen molar-refractivity contribution in [3.63, 3.8) is 0 Å². The van der Waals surface area contributed by atoms with E-state index in [9.17, 15) is 5.26 Å². The Kier molecular flexibility index (Phi) is 4.30. The van der Waals surface area contributed by atoms with Crippen molar-refractivity contribution in [2.75, 3.05) is 0 Å². The predicted octanol–water partition coefficient (Wildman–Crippen LogP) is 7.07. The fourth-order valence-electron chi connectivity index (χ4n) is 5.52. The van der Waals surface area contributed by atoms with Crippen molar-refractivity contribution in [1.29, 1.82) is 5.26 Å². The van der Waals surface area contributed by atoms with E-state index in [1.807, 2.05) is 18.2 Å². The summed E-state index contributed by atoms with van der Waals surface area (Å²) in [5, 5.41) is 14.0. The standard InChI is InChI=1S/C29H25N2O/c1-18-7-10-25-24-11-8-19(17-30)15-26(24)32-29(25)27(18)28-23-12-9-21(20-5-3-4-6-20)16-22(23)13-14-31(28)2/h7-16,20H,3-6H2,1-2H3/q+1. The smallest absolute Gasteiger partial charge is 0.224 e. The molecule has 0 N–H and O–H groups in total. The number of fused-ring (bicyclic) bond motifs is 4. The fourth-order valence-corrected chi connectivity index (χ4v) is 5.52. The van der Waals surface area contributed by atoms with Crippen LogP contribution in [-0.4, -0.2) is 0 Å². The Hall–Kier alpha value is -3.64. The molecule has 156 valence electrons. The van der Waals surface area contributed by atoms with E-state index in [1.165, 1.54) is 53.3 Å². The maximum Gasteiger partial charge on any atom is 0.224 e. The molecule has 5 aromatic rings. The summed E-state index contributed by atoms with van der Waals surface area (Å²) >= 11 is 0. The third-order valence-corrected chi connectivity index (χ3v) is 7.20. The summed E-state index contributed by atoms with van der Waals surface area (Å²) in [7, 11) is 2.11. The minimum absolute atomic E-state index is 0.616. The summed E-state index contributed by atoms with van der Waals surface area (Å²) in [4.78, 5) is 0. The van der Waals surface area contributed by atoms with Gasteiger partial charge in [-0.3, -0.25) is 0 Å². The number of furan rings is 1. The Labute approximate surface area is 187 Å². The summed E-state index contributed by atoms with van der Waals surface area (Å²) < 4.78 is 8.61. The average molecular weight is 418 g/mol. The minimum atomic E-state index is 0.616. The normalized spacial score (nSPS) is 14.5. The molecule has 1 saturated carbocycles. The van der Waals surface area contributed by atoms with Gasteiger partial charge < -0.3 is 4.42 Å². The molecule has 1 aliphatic rings. The second kappa shape index (κ2) is 7.21. The summed E-state index contributed by atoms with van der Waals surface area (Å²) in [6.07, 6.45) is 7.46. The molecule has 0 aliphatic heterocycles. The topological polar surface area (TPSA) is 40.8 Å². The molecule has 0 amide bonds. The average Bonchev–Trinajstić information content (AvgIpc) is 3.47. The Bertz CT molecular complexity index is 1560. The van der Waals surface area contributed by atoms with Gasteiger partial charge in [0.15, 0.2) is 6.20 Å². The van der Waals surface area contributed by atoms with E-state index in [-0.39, 0.29) is 0 Å². The van der Waals surface area contributed by atoms with Crippen molar-refractivity contribution in [3.05, 3.63) is 77.5 Å². The molecular weight excluding hydrogens is 392 g/mol. The predicted molar refractivity (Wildman–Crippen MR) is 128 cm³/mol. The molecule has 3 nitrogen and oxygen atoms in total. The van der Waals surface area contributed by atoms with Crippen LogP contribution in [0.5, 0.6) is 0 Å². The number of hydrogen-bond acceptors (Lipinski definition) is 2. The lowest BCUT2D eigenvalue weighted by Gasteiger charge is -2.12. The maximum atomic E-state index is 9.31. The third-order valence-electron chi connectivity index (χ3n) is 7.20. The van der Waals surface area contributed by atoms with E-state index in [1.54, 1.807) is 0 Å². The van der Waals surface area contributed by atoms with Crippen LogP contribution in [0.4, 0.5) is 0 Å². The first-order chi connectivity index (χ1) is 15.6. The van der Waals surface area contributed by atoms with Gasteiger partial charge in [0.25, 0.3) is 0 Å². The van der Waals surface area contributed by atoms with Gasteiger partial charge in [-0.15, -0.1) is 0 Å². The summed E-state index contributed by atoms with van der Waals surface area (Å²) in [5.41, 5.74) is 7.21. The molecule has 2 heterocycles. The summed E-state index contributed by atoms with van der Waals surface area (Å²) in [6, 6.07) is 21.5. The van der Waals surface area contributed by atoms with Crippen molar-refractivity contribution >= 4 is 32.7 Å². The van der Waals surface area contributed by atoms with E-state index in [0.29, 0.717) is 11.5 Å². The molecule has 6 rings (SSSR count). The Morgan fingerprint density at radius 1 is 0.938 bits per heavy atom. The van der Waals surface area contributed by atoms with Crippen LogP contribution in [0.15, 0.2) is 65.2 Å². The lowest BCUT2D eigenvalue weighted by atomic mass is 9.92. The van der Waals surface area contributed by atoms with Crippen molar-refractivity contribution in [2.24, 2.45) is 7.05 Å². The maximum absolute atomic E-state index is 9.31. The van der Waals surface area contributed by atoms with Gasteiger partial charge in [0.05, 0.1) is 22.6 Å². The molecular formula is C29H25N2O+. The molecule has 3 aromatic carbocycles. The zero-order valence-electron chi connectivity index (χ0n) is 18.5. The molecule has 2 aromatic heterocycles. The molecule has 32 heavy (non-hydrogen) atoms. The van der Waals surface area contributed by atoms with Crippen molar-refractivity contribution in [1.82, 2.24) is 0 Å². The lowest BCUT2D eigenvalue weighted by molar-refractivity contribution is -0.659. The molecule has 0 atom stereocenters. The first-order valence-electron chi connectivity index (χ1n) is 11.4. The first kappa shape index (κ1) is 19.1. The third kappa shape index (κ3) is 2.83. The number of aromatic nitrogens is 1. The summed E-state index contributed by atoms with van der Waals surface area (Å²) in [6.45, 7) is 2.15. The molecule has 1 fully saturated rings. The highest BCUT2D eigenvalue weighted by Crippen LogP contribution is 2.40. The minimum Gasteiger partial charge on any atom is -0.455 e. The van der Waals surface area contributed by atoms with Crippen LogP contribution >= 0.6 is 0 Å². The molecule has 0 saturated heterocycles. The van der Waals surface area contributed by atoms with E-state index < -0.39 is 0 Å². The Morgan fingerprint density at radius 3 is 2.53 bits per heavy atom. The van der Waals surface area contributed by atoms with Gasteiger partial charge >= 0.3 is 0 Å². The number of aryl methyl sites for hydroxylation is 2. The van der Waals surface area contributed by atoms with Gasteiger partial charge in [-0.2, -0.15) is 5.26 Å². The Morgan fingerprint density at radius 2 is 1.72 bits per heavy atom. The number of rotatable bonds is 2. The zero-order chi connectivity index (χ0) is 21.8. The largest absolute Gasteiger partial charge is 0.455 e. The highest BCUT2D eigenvalue weighted by Gasteiger charge is 2.24. The monoisotopic (exact) mass is 417 g/mol. The molecule has 0 bridgehead atoms. The zero-order valence-corrected chi connectivity index (χ0v) is 18.5. The molecule has 3 heteroatoms. The number of benzene rings is 3. The number of pyridine rings is 1. The molecule has 0 spiro atoms. The highest BCUT2D eigenvalue weighted by molar-refractivity contribution is 6.12. The van der Waals surface area contributed by atoms with Crippen LogP contribution in [0.25, 0.3) is 44.0 Å². The molecule has 0 unspecified atom stereocenters. The van der Waals surface area contributed by atoms with Crippen molar-refractivity contribution < 1.29 is 8.98 Å². The van der Waals surface area contributed by atoms with Crippen LogP contribution in [-0.2, 0) is 7.05 Å². The van der Waals surface area contributed by atoms with Crippen LogP contribution in [0, 0.1) is 18.3 Å². The van der Waals surface area contributed by atoms with Gasteiger partial charge in [0, 0.05) is 16.8 Å². The van der Waals surface area contributed by atoms with Crippen molar-refractivity contribution in [2.45, 2.75) is 38.5 Å². The van der Waals surface area contributed by atoms with Gasteiger partial charge in [0.2, 0.25) is 5.69 Å². The summed E-state index contributed by atoms with van der Waals surface area (Å²) in [5.74, 6) is 0.701. The quantitative estimate of drug-likeness (QED) is 0.288. The van der Waals surface area contributed by atoms with Crippen LogP contribution in [0.3, 0.4) is 0 Å². The van der Waals surface area contributed by atoms with Crippen LogP contribution in [0.1, 0.15) is 48.3 Å². The van der Waals surface area contributed by atoms with Gasteiger partial charge in [0.1, 0.15) is 18.2 Å². The van der Waals surface area contributed by atoms with E-state index in [0.717, 1.165) is 27.5 Å². The van der Waals surface area contributed by atoms with Crippen LogP contribution in [0.2, 0.25) is 0 Å². The Balaban J connectivity index is 1.64. The van der Waals surface area contributed by atoms with E-state index in [2.05, 4.69) is 67.2 Å². The van der Waals surface area contributed by atoms with Crippen LogP contribution < -0.4 is 4.57 Å². The van der Waals surface area contributed by atoms with E-state index in [4.69, 9.17) is 4.42 Å². The molecule has 1 aliphatic carbocycles.